The Morgan fingerprint density at radius 3 is 2.11 bits per heavy atom. The average molecular weight is 295 g/mol. The Hall–Kier alpha value is -0.660. The van der Waals surface area contributed by atoms with Crippen molar-refractivity contribution in [2.75, 3.05) is 19.4 Å². The molecule has 6 nitrogen and oxygen atoms in total. The molecule has 0 spiro atoms. The maximum atomic E-state index is 12.2. The Labute approximate surface area is 115 Å². The molecule has 0 aliphatic rings. The molecule has 0 heterocycles. The highest BCUT2D eigenvalue weighted by molar-refractivity contribution is 7.89. The molecule has 0 bridgehead atoms. The van der Waals surface area contributed by atoms with Gasteiger partial charge in [-0.3, -0.25) is 4.79 Å². The fourth-order valence-corrected chi connectivity index (χ4v) is 3.71. The van der Waals surface area contributed by atoms with E-state index < -0.39 is 34.7 Å². The molecule has 1 atom stereocenters. The highest BCUT2D eigenvalue weighted by Gasteiger charge is 2.30. The van der Waals surface area contributed by atoms with Crippen molar-refractivity contribution in [1.29, 1.82) is 0 Å². The first-order valence-corrected chi connectivity index (χ1v) is 7.95. The summed E-state index contributed by atoms with van der Waals surface area (Å²) < 4.78 is 30.7. The lowest BCUT2D eigenvalue weighted by atomic mass is 10.1. The SMILES string of the molecule is COC(CC(C)C)CS(=O)(=O)N(CC(=O)O)C(C)C. The second-order valence-electron chi connectivity index (χ2n) is 5.30. The van der Waals surface area contributed by atoms with E-state index in [9.17, 15) is 13.2 Å². The first-order chi connectivity index (χ1) is 8.60. The minimum absolute atomic E-state index is 0.187. The summed E-state index contributed by atoms with van der Waals surface area (Å²) in [5, 5.41) is 8.80. The van der Waals surface area contributed by atoms with Gasteiger partial charge >= 0.3 is 5.97 Å². The van der Waals surface area contributed by atoms with E-state index in [0.29, 0.717) is 12.3 Å². The van der Waals surface area contributed by atoms with Gasteiger partial charge in [-0.25, -0.2) is 8.42 Å². The van der Waals surface area contributed by atoms with Gasteiger partial charge in [-0.2, -0.15) is 4.31 Å². The van der Waals surface area contributed by atoms with Crippen LogP contribution < -0.4 is 0 Å². The molecule has 0 rings (SSSR count). The van der Waals surface area contributed by atoms with Gasteiger partial charge in [0.05, 0.1) is 11.9 Å². The maximum Gasteiger partial charge on any atom is 0.318 e. The molecule has 0 saturated heterocycles. The normalized spacial score (nSPS) is 14.3. The van der Waals surface area contributed by atoms with Crippen LogP contribution in [-0.2, 0) is 19.6 Å². The first kappa shape index (κ1) is 18.3. The summed E-state index contributed by atoms with van der Waals surface area (Å²) in [6.07, 6.45) is 0.203. The number of carboxylic acids is 1. The summed E-state index contributed by atoms with van der Waals surface area (Å²) in [5.74, 6) is -1.03. The van der Waals surface area contributed by atoms with E-state index in [1.54, 1.807) is 13.8 Å². The van der Waals surface area contributed by atoms with Crippen molar-refractivity contribution in [1.82, 2.24) is 4.31 Å². The van der Waals surface area contributed by atoms with E-state index in [4.69, 9.17) is 9.84 Å². The van der Waals surface area contributed by atoms with Crippen LogP contribution in [0.25, 0.3) is 0 Å². The van der Waals surface area contributed by atoms with E-state index in [1.165, 1.54) is 7.11 Å². The van der Waals surface area contributed by atoms with E-state index in [-0.39, 0.29) is 5.75 Å². The molecule has 0 radical (unpaired) electrons. The van der Waals surface area contributed by atoms with Crippen LogP contribution >= 0.6 is 0 Å². The molecule has 114 valence electrons. The van der Waals surface area contributed by atoms with Crippen LogP contribution in [0.3, 0.4) is 0 Å². The minimum atomic E-state index is -3.65. The van der Waals surface area contributed by atoms with Gasteiger partial charge in [-0.1, -0.05) is 13.8 Å². The number of carbonyl (C=O) groups is 1. The summed E-state index contributed by atoms with van der Waals surface area (Å²) in [6, 6.07) is -0.391. The smallest absolute Gasteiger partial charge is 0.318 e. The Morgan fingerprint density at radius 1 is 1.26 bits per heavy atom. The summed E-state index contributed by atoms with van der Waals surface area (Å²) in [4.78, 5) is 10.8. The average Bonchev–Trinajstić information content (AvgIpc) is 2.23. The van der Waals surface area contributed by atoms with Crippen LogP contribution in [0.4, 0.5) is 0 Å². The lowest BCUT2D eigenvalue weighted by Gasteiger charge is -2.26. The van der Waals surface area contributed by atoms with Crippen molar-refractivity contribution in [2.24, 2.45) is 5.92 Å². The van der Waals surface area contributed by atoms with Crippen LogP contribution in [0.5, 0.6) is 0 Å². The molecule has 0 aromatic rings. The van der Waals surface area contributed by atoms with Gasteiger partial charge in [-0.05, 0) is 26.2 Å². The van der Waals surface area contributed by atoms with Crippen LogP contribution in [0.15, 0.2) is 0 Å². The standard InChI is InChI=1S/C12H25NO5S/c1-9(2)6-11(18-5)8-19(16,17)13(10(3)4)7-12(14)15/h9-11H,6-8H2,1-5H3,(H,14,15). The Kier molecular flexibility index (Phi) is 7.54. The molecule has 19 heavy (non-hydrogen) atoms. The molecular weight excluding hydrogens is 270 g/mol. The molecule has 1 unspecified atom stereocenters. The van der Waals surface area contributed by atoms with Crippen molar-refractivity contribution < 1.29 is 23.1 Å². The molecular formula is C12H25NO5S. The third-order valence-corrected chi connectivity index (χ3v) is 4.75. The number of aliphatic carboxylic acids is 1. The van der Waals surface area contributed by atoms with Gasteiger partial charge in [0, 0.05) is 13.2 Å². The largest absolute Gasteiger partial charge is 0.480 e. The molecule has 0 aromatic heterocycles. The van der Waals surface area contributed by atoms with E-state index in [1.807, 2.05) is 13.8 Å². The summed E-state index contributed by atoms with van der Waals surface area (Å²) in [5.41, 5.74) is 0. The number of carboxylic acid groups (broad SMARTS) is 1. The van der Waals surface area contributed by atoms with Gasteiger partial charge in [0.2, 0.25) is 10.0 Å². The Balaban J connectivity index is 4.94. The van der Waals surface area contributed by atoms with Crippen molar-refractivity contribution >= 4 is 16.0 Å². The van der Waals surface area contributed by atoms with Gasteiger partial charge < -0.3 is 9.84 Å². The fourth-order valence-electron chi connectivity index (χ4n) is 1.82. The zero-order chi connectivity index (χ0) is 15.2. The summed E-state index contributed by atoms with van der Waals surface area (Å²) in [6.45, 7) is 6.76. The molecule has 0 amide bonds. The van der Waals surface area contributed by atoms with E-state index in [0.717, 1.165) is 4.31 Å². The second kappa shape index (κ2) is 7.81. The van der Waals surface area contributed by atoms with Crippen molar-refractivity contribution in [3.05, 3.63) is 0 Å². The molecule has 0 aliphatic carbocycles. The third-order valence-electron chi connectivity index (χ3n) is 2.69. The topological polar surface area (TPSA) is 83.9 Å². The van der Waals surface area contributed by atoms with Crippen molar-refractivity contribution in [3.8, 4) is 0 Å². The molecule has 1 N–H and O–H groups in total. The number of ether oxygens (including phenoxy) is 1. The van der Waals surface area contributed by atoms with Crippen LogP contribution in [0.2, 0.25) is 0 Å². The predicted molar refractivity (Wildman–Crippen MR) is 73.5 cm³/mol. The Bertz CT molecular complexity index is 378. The lowest BCUT2D eigenvalue weighted by molar-refractivity contribution is -0.137. The first-order valence-electron chi connectivity index (χ1n) is 6.34. The monoisotopic (exact) mass is 295 g/mol. The van der Waals surface area contributed by atoms with E-state index >= 15 is 0 Å². The number of hydrogen-bond acceptors (Lipinski definition) is 4. The number of rotatable bonds is 9. The zero-order valence-corrected chi connectivity index (χ0v) is 13.1. The van der Waals surface area contributed by atoms with Crippen molar-refractivity contribution in [3.63, 3.8) is 0 Å². The third kappa shape index (κ3) is 6.89. The highest BCUT2D eigenvalue weighted by Crippen LogP contribution is 2.14. The second-order valence-corrected chi connectivity index (χ2v) is 7.26. The van der Waals surface area contributed by atoms with Gasteiger partial charge in [0.1, 0.15) is 6.54 Å². The quantitative estimate of drug-likeness (QED) is 0.690. The molecule has 7 heteroatoms. The maximum absolute atomic E-state index is 12.2. The van der Waals surface area contributed by atoms with Crippen LogP contribution in [0.1, 0.15) is 34.1 Å². The van der Waals surface area contributed by atoms with Gasteiger partial charge in [0.25, 0.3) is 0 Å². The number of hydrogen-bond donors (Lipinski definition) is 1. The van der Waals surface area contributed by atoms with Gasteiger partial charge in [0.15, 0.2) is 0 Å². The van der Waals surface area contributed by atoms with Gasteiger partial charge in [-0.15, -0.1) is 0 Å². The highest BCUT2D eigenvalue weighted by atomic mass is 32.2. The van der Waals surface area contributed by atoms with Crippen LogP contribution in [0, 0.1) is 5.92 Å². The summed E-state index contributed by atoms with van der Waals surface area (Å²) >= 11 is 0. The number of nitrogens with zero attached hydrogens (tertiary/aromatic N) is 1. The molecule has 0 saturated carbocycles. The molecule has 0 fully saturated rings. The number of sulfonamides is 1. The zero-order valence-electron chi connectivity index (χ0n) is 12.3. The lowest BCUT2D eigenvalue weighted by Crippen LogP contribution is -2.44. The molecule has 0 aliphatic heterocycles. The summed E-state index contributed by atoms with van der Waals surface area (Å²) in [7, 11) is -2.17. The Morgan fingerprint density at radius 2 is 1.79 bits per heavy atom. The van der Waals surface area contributed by atoms with E-state index in [2.05, 4.69) is 0 Å². The van der Waals surface area contributed by atoms with Crippen molar-refractivity contribution in [2.45, 2.75) is 46.3 Å². The fraction of sp³-hybridized carbons (Fsp3) is 0.917. The minimum Gasteiger partial charge on any atom is -0.480 e. The molecule has 0 aromatic carbocycles. The number of methoxy groups -OCH3 is 1. The van der Waals surface area contributed by atoms with Crippen LogP contribution in [-0.4, -0.2) is 55.4 Å². The predicted octanol–water partition coefficient (Wildman–Crippen LogP) is 1.17.